The molecule has 1 rings (SSSR count). The van der Waals surface area contributed by atoms with Crippen LogP contribution in [0.3, 0.4) is 0 Å². The van der Waals surface area contributed by atoms with Crippen LogP contribution in [0, 0.1) is 0 Å². The van der Waals surface area contributed by atoms with E-state index in [1.807, 2.05) is 18.2 Å². The first kappa shape index (κ1) is 11.3. The van der Waals surface area contributed by atoms with Crippen molar-refractivity contribution in [3.8, 4) is 0 Å². The summed E-state index contributed by atoms with van der Waals surface area (Å²) in [6.45, 7) is 0. The Balaban J connectivity index is 2.31. The van der Waals surface area contributed by atoms with Gasteiger partial charge in [-0.05, 0) is 24.8 Å². The fourth-order valence-electron chi connectivity index (χ4n) is 1.37. The van der Waals surface area contributed by atoms with E-state index < -0.39 is 5.97 Å². The van der Waals surface area contributed by atoms with Crippen molar-refractivity contribution in [1.82, 2.24) is 0 Å². The number of allylic oxidation sites excluding steroid dienone is 1. The lowest BCUT2D eigenvalue weighted by molar-refractivity contribution is -0.131. The highest BCUT2D eigenvalue weighted by atomic mass is 16.4. The van der Waals surface area contributed by atoms with Crippen molar-refractivity contribution in [2.24, 2.45) is 5.73 Å². The third kappa shape index (κ3) is 4.86. The number of rotatable bonds is 5. The molecular formula is C12H15NO2. The molecule has 0 aliphatic carbocycles. The van der Waals surface area contributed by atoms with Crippen LogP contribution in [0.15, 0.2) is 42.1 Å². The minimum absolute atomic E-state index is 0.429. The Kier molecular flexibility index (Phi) is 4.41. The van der Waals surface area contributed by atoms with E-state index in [1.165, 1.54) is 5.56 Å². The van der Waals surface area contributed by atoms with Crippen LogP contribution >= 0.6 is 0 Å². The molecule has 3 heteroatoms. The molecule has 0 saturated heterocycles. The Morgan fingerprint density at radius 3 is 2.60 bits per heavy atom. The standard InChI is InChI=1S/C12H15NO2/c13-11(9-12(14)15)8-4-7-10-5-2-1-3-6-10/h1-3,5-6,9H,4,7-8,13H2,(H,14,15)/b11-9-. The molecule has 0 spiro atoms. The summed E-state index contributed by atoms with van der Waals surface area (Å²) < 4.78 is 0. The third-order valence-electron chi connectivity index (χ3n) is 2.08. The number of carbonyl (C=O) groups is 1. The molecule has 0 aliphatic rings. The largest absolute Gasteiger partial charge is 0.478 e. The highest BCUT2D eigenvalue weighted by molar-refractivity contribution is 5.80. The normalized spacial score (nSPS) is 11.3. The molecule has 15 heavy (non-hydrogen) atoms. The van der Waals surface area contributed by atoms with E-state index in [0.29, 0.717) is 12.1 Å². The number of carboxylic acid groups (broad SMARTS) is 1. The predicted octanol–water partition coefficient (Wildman–Crippen LogP) is 1.94. The topological polar surface area (TPSA) is 63.3 Å². The zero-order valence-corrected chi connectivity index (χ0v) is 8.52. The summed E-state index contributed by atoms with van der Waals surface area (Å²) in [6.07, 6.45) is 3.49. The lowest BCUT2D eigenvalue weighted by Gasteiger charge is -2.01. The summed E-state index contributed by atoms with van der Waals surface area (Å²) in [5, 5.41) is 8.44. The number of aryl methyl sites for hydroxylation is 1. The number of aliphatic carboxylic acids is 1. The zero-order valence-electron chi connectivity index (χ0n) is 8.52. The SMILES string of the molecule is N/C(=C\C(=O)O)CCCc1ccccc1. The van der Waals surface area contributed by atoms with Crippen LogP contribution in [0.4, 0.5) is 0 Å². The van der Waals surface area contributed by atoms with Crippen molar-refractivity contribution in [1.29, 1.82) is 0 Å². The molecule has 3 nitrogen and oxygen atoms in total. The van der Waals surface area contributed by atoms with E-state index in [4.69, 9.17) is 10.8 Å². The minimum atomic E-state index is -0.979. The molecule has 0 aromatic heterocycles. The lowest BCUT2D eigenvalue weighted by atomic mass is 10.1. The lowest BCUT2D eigenvalue weighted by Crippen LogP contribution is -2.02. The highest BCUT2D eigenvalue weighted by Crippen LogP contribution is 2.06. The summed E-state index contributed by atoms with van der Waals surface area (Å²) in [4.78, 5) is 10.3. The number of hydrogen-bond acceptors (Lipinski definition) is 2. The number of hydrogen-bond donors (Lipinski definition) is 2. The Bertz CT molecular complexity index is 344. The Morgan fingerprint density at radius 1 is 1.33 bits per heavy atom. The van der Waals surface area contributed by atoms with Crippen LogP contribution in [0.1, 0.15) is 18.4 Å². The fourth-order valence-corrected chi connectivity index (χ4v) is 1.37. The number of nitrogens with two attached hydrogens (primary N) is 1. The van der Waals surface area contributed by atoms with E-state index in [1.54, 1.807) is 0 Å². The molecule has 0 amide bonds. The molecular weight excluding hydrogens is 190 g/mol. The van der Waals surface area contributed by atoms with Gasteiger partial charge in [-0.1, -0.05) is 30.3 Å². The first-order chi connectivity index (χ1) is 7.18. The van der Waals surface area contributed by atoms with Gasteiger partial charge >= 0.3 is 5.97 Å². The zero-order chi connectivity index (χ0) is 11.1. The Hall–Kier alpha value is -1.77. The van der Waals surface area contributed by atoms with Crippen molar-refractivity contribution in [3.05, 3.63) is 47.7 Å². The monoisotopic (exact) mass is 205 g/mol. The summed E-state index contributed by atoms with van der Waals surface area (Å²) in [5.41, 5.74) is 7.20. The maximum atomic E-state index is 10.3. The van der Waals surface area contributed by atoms with Crippen molar-refractivity contribution < 1.29 is 9.90 Å². The third-order valence-corrected chi connectivity index (χ3v) is 2.08. The van der Waals surface area contributed by atoms with Crippen LogP contribution in [0.5, 0.6) is 0 Å². The summed E-state index contributed by atoms with van der Waals surface area (Å²) in [7, 11) is 0. The minimum Gasteiger partial charge on any atom is -0.478 e. The van der Waals surface area contributed by atoms with Crippen LogP contribution in [0.25, 0.3) is 0 Å². The van der Waals surface area contributed by atoms with Crippen molar-refractivity contribution >= 4 is 5.97 Å². The van der Waals surface area contributed by atoms with Gasteiger partial charge in [0.05, 0.1) is 0 Å². The molecule has 0 radical (unpaired) electrons. The van der Waals surface area contributed by atoms with E-state index in [-0.39, 0.29) is 0 Å². The van der Waals surface area contributed by atoms with Crippen molar-refractivity contribution in [2.45, 2.75) is 19.3 Å². The Labute approximate surface area is 89.2 Å². The van der Waals surface area contributed by atoms with Gasteiger partial charge in [-0.25, -0.2) is 4.79 Å². The summed E-state index contributed by atoms with van der Waals surface area (Å²) in [5.74, 6) is -0.979. The van der Waals surface area contributed by atoms with Gasteiger partial charge in [-0.3, -0.25) is 0 Å². The molecule has 0 aliphatic heterocycles. The van der Waals surface area contributed by atoms with Gasteiger partial charge in [-0.15, -0.1) is 0 Å². The molecule has 0 fully saturated rings. The van der Waals surface area contributed by atoms with Gasteiger partial charge in [0.2, 0.25) is 0 Å². The van der Waals surface area contributed by atoms with Gasteiger partial charge in [0, 0.05) is 11.8 Å². The van der Waals surface area contributed by atoms with E-state index in [2.05, 4.69) is 12.1 Å². The van der Waals surface area contributed by atoms with Gasteiger partial charge in [0.15, 0.2) is 0 Å². The molecule has 3 N–H and O–H groups in total. The maximum absolute atomic E-state index is 10.3. The van der Waals surface area contributed by atoms with Gasteiger partial charge in [-0.2, -0.15) is 0 Å². The Morgan fingerprint density at radius 2 is 2.00 bits per heavy atom. The molecule has 1 aromatic carbocycles. The van der Waals surface area contributed by atoms with Gasteiger partial charge in [0.1, 0.15) is 0 Å². The first-order valence-corrected chi connectivity index (χ1v) is 4.91. The molecule has 0 heterocycles. The van der Waals surface area contributed by atoms with Crippen molar-refractivity contribution in [2.75, 3.05) is 0 Å². The smallest absolute Gasteiger partial charge is 0.330 e. The second-order valence-electron chi connectivity index (χ2n) is 3.40. The van der Waals surface area contributed by atoms with E-state index >= 15 is 0 Å². The van der Waals surface area contributed by atoms with Crippen LogP contribution in [-0.4, -0.2) is 11.1 Å². The summed E-state index contributed by atoms with van der Waals surface area (Å²) >= 11 is 0. The number of benzene rings is 1. The number of carboxylic acids is 1. The fraction of sp³-hybridized carbons (Fsp3) is 0.250. The second-order valence-corrected chi connectivity index (χ2v) is 3.40. The van der Waals surface area contributed by atoms with Crippen LogP contribution < -0.4 is 5.73 Å². The predicted molar refractivity (Wildman–Crippen MR) is 59.3 cm³/mol. The molecule has 0 atom stereocenters. The van der Waals surface area contributed by atoms with E-state index in [0.717, 1.165) is 18.9 Å². The second kappa shape index (κ2) is 5.86. The average Bonchev–Trinajstić information content (AvgIpc) is 2.18. The average molecular weight is 205 g/mol. The maximum Gasteiger partial charge on any atom is 0.330 e. The molecule has 1 aromatic rings. The quantitative estimate of drug-likeness (QED) is 0.722. The summed E-state index contributed by atoms with van der Waals surface area (Å²) in [6, 6.07) is 10.1. The molecule has 80 valence electrons. The highest BCUT2D eigenvalue weighted by Gasteiger charge is 1.96. The van der Waals surface area contributed by atoms with Gasteiger partial charge < -0.3 is 10.8 Å². The van der Waals surface area contributed by atoms with Gasteiger partial charge in [0.25, 0.3) is 0 Å². The first-order valence-electron chi connectivity index (χ1n) is 4.91. The van der Waals surface area contributed by atoms with Crippen LogP contribution in [-0.2, 0) is 11.2 Å². The van der Waals surface area contributed by atoms with E-state index in [9.17, 15) is 4.79 Å². The van der Waals surface area contributed by atoms with Crippen molar-refractivity contribution in [3.63, 3.8) is 0 Å². The molecule has 0 unspecified atom stereocenters. The molecule has 0 saturated carbocycles. The molecule has 0 bridgehead atoms. The van der Waals surface area contributed by atoms with Crippen LogP contribution in [0.2, 0.25) is 0 Å².